The maximum Gasteiger partial charge on any atom is 0.00966 e. The van der Waals surface area contributed by atoms with Crippen LogP contribution in [0.15, 0.2) is 12.7 Å². The number of hydrogen-bond donors (Lipinski definition) is 0. The molecule has 0 bridgehead atoms. The summed E-state index contributed by atoms with van der Waals surface area (Å²) >= 11 is 3.41. The van der Waals surface area contributed by atoms with Crippen molar-refractivity contribution in [2.45, 2.75) is 13.8 Å². The van der Waals surface area contributed by atoms with Gasteiger partial charge in [0.15, 0.2) is 0 Å². The Labute approximate surface area is 60.1 Å². The van der Waals surface area contributed by atoms with Gasteiger partial charge in [0.1, 0.15) is 0 Å². The van der Waals surface area contributed by atoms with Gasteiger partial charge in [0.05, 0.1) is 0 Å². The lowest BCUT2D eigenvalue weighted by molar-refractivity contribution is 0.515. The Kier molecular flexibility index (Phi) is 4.25. The molecule has 0 rings (SSSR count). The fourth-order valence-corrected chi connectivity index (χ4v) is 1.53. The van der Waals surface area contributed by atoms with Crippen molar-refractivity contribution in [3.05, 3.63) is 12.7 Å². The van der Waals surface area contributed by atoms with E-state index in [4.69, 9.17) is 0 Å². The van der Waals surface area contributed by atoms with Crippen molar-refractivity contribution in [2.24, 2.45) is 11.8 Å². The molecule has 0 nitrogen and oxygen atoms in total. The van der Waals surface area contributed by atoms with E-state index in [1.165, 1.54) is 0 Å². The zero-order valence-corrected chi connectivity index (χ0v) is 7.11. The summed E-state index contributed by atoms with van der Waals surface area (Å²) in [5, 5.41) is 1.04. The summed E-state index contributed by atoms with van der Waals surface area (Å²) < 4.78 is 0. The lowest BCUT2D eigenvalue weighted by atomic mass is 9.99. The largest absolute Gasteiger partial charge is 0.103 e. The normalized spacial score (nSPS) is 14.0. The molecule has 0 aliphatic carbocycles. The van der Waals surface area contributed by atoms with Crippen LogP contribution in [0.5, 0.6) is 0 Å². The average Bonchev–Trinajstić information content (AvgIpc) is 1.69. The van der Waals surface area contributed by atoms with Gasteiger partial charge in [-0.3, -0.25) is 0 Å². The van der Waals surface area contributed by atoms with Crippen molar-refractivity contribution < 1.29 is 0 Å². The zero-order chi connectivity index (χ0) is 6.57. The van der Waals surface area contributed by atoms with Crippen molar-refractivity contribution >= 4 is 15.9 Å². The quantitative estimate of drug-likeness (QED) is 0.459. The number of hydrogen-bond acceptors (Lipinski definition) is 0. The third kappa shape index (κ3) is 2.51. The molecule has 1 unspecified atom stereocenters. The Balaban J connectivity index is 3.51. The molecular formula is C7H13Br. The SMILES string of the molecule is C=CC(CBr)C(C)C. The molecule has 0 aliphatic rings. The van der Waals surface area contributed by atoms with Crippen molar-refractivity contribution in [1.29, 1.82) is 0 Å². The van der Waals surface area contributed by atoms with Gasteiger partial charge < -0.3 is 0 Å². The highest BCUT2D eigenvalue weighted by molar-refractivity contribution is 9.09. The average molecular weight is 177 g/mol. The van der Waals surface area contributed by atoms with Gasteiger partial charge in [-0.15, -0.1) is 6.58 Å². The predicted molar refractivity (Wildman–Crippen MR) is 42.3 cm³/mol. The van der Waals surface area contributed by atoms with Gasteiger partial charge in [0, 0.05) is 5.33 Å². The first-order valence-corrected chi connectivity index (χ1v) is 4.03. The van der Waals surface area contributed by atoms with Crippen LogP contribution in [0.2, 0.25) is 0 Å². The summed E-state index contributed by atoms with van der Waals surface area (Å²) in [5.41, 5.74) is 0. The van der Waals surface area contributed by atoms with Crippen molar-refractivity contribution in [1.82, 2.24) is 0 Å². The molecule has 0 radical (unpaired) electrons. The Hall–Kier alpha value is 0.220. The molecule has 0 heterocycles. The van der Waals surface area contributed by atoms with Crippen LogP contribution < -0.4 is 0 Å². The Morgan fingerprint density at radius 3 is 2.12 bits per heavy atom. The summed E-state index contributed by atoms with van der Waals surface area (Å²) in [7, 11) is 0. The van der Waals surface area contributed by atoms with Gasteiger partial charge in [-0.1, -0.05) is 35.9 Å². The van der Waals surface area contributed by atoms with Gasteiger partial charge in [-0.25, -0.2) is 0 Å². The molecule has 0 aromatic carbocycles. The van der Waals surface area contributed by atoms with E-state index >= 15 is 0 Å². The molecule has 0 aromatic heterocycles. The predicted octanol–water partition coefficient (Wildman–Crippen LogP) is 2.84. The number of halogens is 1. The van der Waals surface area contributed by atoms with Gasteiger partial charge in [-0.2, -0.15) is 0 Å². The van der Waals surface area contributed by atoms with Crippen molar-refractivity contribution in [2.75, 3.05) is 5.33 Å². The van der Waals surface area contributed by atoms with E-state index in [2.05, 4.69) is 36.4 Å². The topological polar surface area (TPSA) is 0 Å². The number of allylic oxidation sites excluding steroid dienone is 1. The van der Waals surface area contributed by atoms with E-state index in [-0.39, 0.29) is 0 Å². The minimum Gasteiger partial charge on any atom is -0.103 e. The van der Waals surface area contributed by atoms with Crippen LogP contribution in [-0.4, -0.2) is 5.33 Å². The van der Waals surface area contributed by atoms with E-state index in [9.17, 15) is 0 Å². The fraction of sp³-hybridized carbons (Fsp3) is 0.714. The molecule has 0 amide bonds. The summed E-state index contributed by atoms with van der Waals surface area (Å²) in [4.78, 5) is 0. The summed E-state index contributed by atoms with van der Waals surface area (Å²) in [6, 6.07) is 0. The smallest absolute Gasteiger partial charge is 0.00966 e. The van der Waals surface area contributed by atoms with E-state index in [1.807, 2.05) is 6.08 Å². The van der Waals surface area contributed by atoms with E-state index in [0.29, 0.717) is 11.8 Å². The van der Waals surface area contributed by atoms with E-state index < -0.39 is 0 Å². The summed E-state index contributed by atoms with van der Waals surface area (Å²) in [6.07, 6.45) is 2.00. The molecule has 0 spiro atoms. The highest BCUT2D eigenvalue weighted by Gasteiger charge is 2.04. The first kappa shape index (κ1) is 8.22. The third-order valence-corrected chi connectivity index (χ3v) is 2.08. The monoisotopic (exact) mass is 176 g/mol. The van der Waals surface area contributed by atoms with Crippen molar-refractivity contribution in [3.8, 4) is 0 Å². The Morgan fingerprint density at radius 1 is 1.62 bits per heavy atom. The lowest BCUT2D eigenvalue weighted by Gasteiger charge is -2.11. The lowest BCUT2D eigenvalue weighted by Crippen LogP contribution is -2.05. The molecular weight excluding hydrogens is 164 g/mol. The molecule has 1 atom stereocenters. The van der Waals surface area contributed by atoms with E-state index in [0.717, 1.165) is 5.33 Å². The standard InChI is InChI=1S/C7H13Br/c1-4-7(5-8)6(2)3/h4,6-7H,1,5H2,2-3H3. The van der Waals surface area contributed by atoms with Crippen LogP contribution in [0.25, 0.3) is 0 Å². The second-order valence-corrected chi connectivity index (χ2v) is 2.95. The van der Waals surface area contributed by atoms with E-state index in [1.54, 1.807) is 0 Å². The van der Waals surface area contributed by atoms with Crippen LogP contribution in [0, 0.1) is 11.8 Å². The zero-order valence-electron chi connectivity index (χ0n) is 5.52. The first-order chi connectivity index (χ1) is 3.72. The molecule has 1 heteroatoms. The van der Waals surface area contributed by atoms with Crippen LogP contribution in [-0.2, 0) is 0 Å². The molecule has 0 fully saturated rings. The molecule has 0 saturated carbocycles. The van der Waals surface area contributed by atoms with Gasteiger partial charge >= 0.3 is 0 Å². The van der Waals surface area contributed by atoms with Crippen LogP contribution in [0.3, 0.4) is 0 Å². The molecule has 0 N–H and O–H groups in total. The molecule has 0 aliphatic heterocycles. The third-order valence-electron chi connectivity index (χ3n) is 1.34. The van der Waals surface area contributed by atoms with Crippen LogP contribution in [0.1, 0.15) is 13.8 Å². The maximum absolute atomic E-state index is 3.72. The molecule has 8 heavy (non-hydrogen) atoms. The molecule has 48 valence electrons. The highest BCUT2D eigenvalue weighted by atomic mass is 79.9. The number of alkyl halides is 1. The maximum atomic E-state index is 3.72. The summed E-state index contributed by atoms with van der Waals surface area (Å²) in [5.74, 6) is 1.35. The van der Waals surface area contributed by atoms with Gasteiger partial charge in [0.25, 0.3) is 0 Å². The first-order valence-electron chi connectivity index (χ1n) is 2.91. The second kappa shape index (κ2) is 4.13. The van der Waals surface area contributed by atoms with Gasteiger partial charge in [0.2, 0.25) is 0 Å². The second-order valence-electron chi connectivity index (χ2n) is 2.30. The fourth-order valence-electron chi connectivity index (χ4n) is 0.513. The highest BCUT2D eigenvalue weighted by Crippen LogP contribution is 2.13. The Morgan fingerprint density at radius 2 is 2.12 bits per heavy atom. The Bertz CT molecular complexity index is 66.8. The number of rotatable bonds is 3. The minimum absolute atomic E-state index is 0.634. The minimum atomic E-state index is 0.634. The summed E-state index contributed by atoms with van der Waals surface area (Å²) in [6.45, 7) is 8.13. The van der Waals surface area contributed by atoms with Gasteiger partial charge in [-0.05, 0) is 11.8 Å². The molecule has 0 aromatic rings. The molecule has 0 saturated heterocycles. The van der Waals surface area contributed by atoms with Crippen LogP contribution >= 0.6 is 15.9 Å². The van der Waals surface area contributed by atoms with Crippen LogP contribution in [0.4, 0.5) is 0 Å². The van der Waals surface area contributed by atoms with Crippen molar-refractivity contribution in [3.63, 3.8) is 0 Å².